The van der Waals surface area contributed by atoms with E-state index < -0.39 is 12.7 Å². The lowest BCUT2D eigenvalue weighted by Crippen LogP contribution is -2.35. The lowest BCUT2D eigenvalue weighted by Gasteiger charge is -2.22. The van der Waals surface area contributed by atoms with Crippen LogP contribution in [0, 0.1) is 0 Å². The average Bonchev–Trinajstić information content (AvgIpc) is 2.27. The molecule has 0 atom stereocenters. The topological polar surface area (TPSA) is 49.5 Å². The van der Waals surface area contributed by atoms with Crippen molar-refractivity contribution in [2.75, 3.05) is 19.7 Å². The second kappa shape index (κ2) is 6.83. The van der Waals surface area contributed by atoms with Crippen LogP contribution in [0.3, 0.4) is 0 Å². The van der Waals surface area contributed by atoms with E-state index in [9.17, 15) is 13.2 Å². The van der Waals surface area contributed by atoms with Gasteiger partial charge in [0.1, 0.15) is 4.99 Å². The SMILES string of the molecule is NC(=S)c1ccc(CN(CCO)CC(F)(F)F)cc1. The van der Waals surface area contributed by atoms with Gasteiger partial charge in [-0.25, -0.2) is 0 Å². The molecule has 3 N–H and O–H groups in total. The van der Waals surface area contributed by atoms with Gasteiger partial charge in [-0.05, 0) is 5.56 Å². The Kier molecular flexibility index (Phi) is 5.71. The predicted molar refractivity (Wildman–Crippen MR) is 70.7 cm³/mol. The molecular weight excluding hydrogens is 277 g/mol. The lowest BCUT2D eigenvalue weighted by atomic mass is 10.1. The van der Waals surface area contributed by atoms with Crippen LogP contribution in [0.15, 0.2) is 24.3 Å². The van der Waals surface area contributed by atoms with Crippen molar-refractivity contribution in [1.82, 2.24) is 4.90 Å². The molecule has 0 heterocycles. The van der Waals surface area contributed by atoms with Crippen molar-refractivity contribution in [2.45, 2.75) is 12.7 Å². The number of aliphatic hydroxyl groups excluding tert-OH is 1. The number of hydrogen-bond donors (Lipinski definition) is 2. The molecule has 1 rings (SSSR count). The zero-order chi connectivity index (χ0) is 14.5. The first-order valence-corrected chi connectivity index (χ1v) is 6.01. The highest BCUT2D eigenvalue weighted by atomic mass is 32.1. The molecule has 0 saturated carbocycles. The quantitative estimate of drug-likeness (QED) is 0.783. The van der Waals surface area contributed by atoms with Gasteiger partial charge in [0.25, 0.3) is 0 Å². The van der Waals surface area contributed by atoms with Crippen LogP contribution in [-0.4, -0.2) is 40.9 Å². The number of thiocarbonyl (C=S) groups is 1. The van der Waals surface area contributed by atoms with Gasteiger partial charge in [0.2, 0.25) is 0 Å². The van der Waals surface area contributed by atoms with Gasteiger partial charge in [-0.1, -0.05) is 36.5 Å². The highest BCUT2D eigenvalue weighted by Gasteiger charge is 2.30. The van der Waals surface area contributed by atoms with Crippen molar-refractivity contribution in [2.24, 2.45) is 5.73 Å². The van der Waals surface area contributed by atoms with E-state index in [0.717, 1.165) is 4.90 Å². The maximum Gasteiger partial charge on any atom is 0.401 e. The molecule has 0 fully saturated rings. The molecule has 0 aliphatic rings. The predicted octanol–water partition coefficient (Wildman–Crippen LogP) is 1.68. The smallest absolute Gasteiger partial charge is 0.395 e. The van der Waals surface area contributed by atoms with Gasteiger partial charge in [0.15, 0.2) is 0 Å². The summed E-state index contributed by atoms with van der Waals surface area (Å²) in [6.45, 7) is -1.29. The first kappa shape index (κ1) is 15.9. The van der Waals surface area contributed by atoms with E-state index in [4.69, 9.17) is 23.1 Å². The van der Waals surface area contributed by atoms with E-state index in [-0.39, 0.29) is 24.7 Å². The van der Waals surface area contributed by atoms with Crippen LogP contribution in [0.25, 0.3) is 0 Å². The van der Waals surface area contributed by atoms with Crippen molar-refractivity contribution < 1.29 is 18.3 Å². The molecule has 1 aromatic carbocycles. The lowest BCUT2D eigenvalue weighted by molar-refractivity contribution is -0.147. The van der Waals surface area contributed by atoms with Crippen molar-refractivity contribution in [3.05, 3.63) is 35.4 Å². The standard InChI is InChI=1S/C12H15F3N2OS/c13-12(14,15)8-17(5-6-18)7-9-1-3-10(4-2-9)11(16)19/h1-4,18H,5-8H2,(H2,16,19). The Labute approximate surface area is 114 Å². The van der Waals surface area contributed by atoms with Gasteiger partial charge < -0.3 is 10.8 Å². The van der Waals surface area contributed by atoms with Crippen LogP contribution in [0.4, 0.5) is 13.2 Å². The first-order chi connectivity index (χ1) is 8.81. The fourth-order valence-electron chi connectivity index (χ4n) is 1.64. The van der Waals surface area contributed by atoms with E-state index >= 15 is 0 Å². The molecule has 0 unspecified atom stereocenters. The monoisotopic (exact) mass is 292 g/mol. The van der Waals surface area contributed by atoms with Crippen LogP contribution < -0.4 is 5.73 Å². The summed E-state index contributed by atoms with van der Waals surface area (Å²) in [5.74, 6) is 0. The Bertz CT molecular complexity index is 420. The van der Waals surface area contributed by atoms with Crippen molar-refractivity contribution in [1.29, 1.82) is 0 Å². The van der Waals surface area contributed by atoms with E-state index in [2.05, 4.69) is 0 Å². The largest absolute Gasteiger partial charge is 0.401 e. The van der Waals surface area contributed by atoms with Gasteiger partial charge in [0.05, 0.1) is 13.2 Å². The van der Waals surface area contributed by atoms with E-state index in [0.29, 0.717) is 11.1 Å². The summed E-state index contributed by atoms with van der Waals surface area (Å²) in [6, 6.07) is 6.69. The number of benzene rings is 1. The number of nitrogens with two attached hydrogens (primary N) is 1. The molecule has 0 radical (unpaired) electrons. The third-order valence-electron chi connectivity index (χ3n) is 2.46. The molecule has 1 aromatic rings. The van der Waals surface area contributed by atoms with Crippen LogP contribution in [0.2, 0.25) is 0 Å². The number of rotatable bonds is 6. The van der Waals surface area contributed by atoms with E-state index in [1.807, 2.05) is 0 Å². The number of aliphatic hydroxyl groups is 1. The van der Waals surface area contributed by atoms with Gasteiger partial charge in [-0.15, -0.1) is 0 Å². The molecule has 0 bridgehead atoms. The number of halogens is 3. The maximum atomic E-state index is 12.3. The summed E-state index contributed by atoms with van der Waals surface area (Å²) in [5.41, 5.74) is 6.81. The van der Waals surface area contributed by atoms with Crippen LogP contribution >= 0.6 is 12.2 Å². The van der Waals surface area contributed by atoms with E-state index in [1.165, 1.54) is 0 Å². The van der Waals surface area contributed by atoms with Gasteiger partial charge >= 0.3 is 6.18 Å². The maximum absolute atomic E-state index is 12.3. The number of hydrogen-bond acceptors (Lipinski definition) is 3. The minimum absolute atomic E-state index is 0.0312. The summed E-state index contributed by atoms with van der Waals surface area (Å²) < 4.78 is 37.0. The van der Waals surface area contributed by atoms with Crippen molar-refractivity contribution >= 4 is 17.2 Å². The van der Waals surface area contributed by atoms with Crippen LogP contribution in [0.1, 0.15) is 11.1 Å². The zero-order valence-corrected chi connectivity index (χ0v) is 11.0. The summed E-state index contributed by atoms with van der Waals surface area (Å²) in [7, 11) is 0. The van der Waals surface area contributed by atoms with Crippen molar-refractivity contribution in [3.8, 4) is 0 Å². The summed E-state index contributed by atoms with van der Waals surface area (Å²) in [6.07, 6.45) is -4.28. The highest BCUT2D eigenvalue weighted by Crippen LogP contribution is 2.18. The molecule has 3 nitrogen and oxygen atoms in total. The molecule has 7 heteroatoms. The summed E-state index contributed by atoms with van der Waals surface area (Å²) in [5, 5.41) is 8.79. The Hall–Kier alpha value is -1.18. The van der Waals surface area contributed by atoms with Gasteiger partial charge in [0, 0.05) is 18.7 Å². The Morgan fingerprint density at radius 1 is 1.26 bits per heavy atom. The van der Waals surface area contributed by atoms with Crippen LogP contribution in [-0.2, 0) is 6.54 Å². The second-order valence-corrected chi connectivity index (χ2v) is 4.55. The van der Waals surface area contributed by atoms with Crippen molar-refractivity contribution in [3.63, 3.8) is 0 Å². The summed E-state index contributed by atoms with van der Waals surface area (Å²) >= 11 is 4.79. The third kappa shape index (κ3) is 6.00. The molecule has 0 aromatic heterocycles. The summed E-state index contributed by atoms with van der Waals surface area (Å²) in [4.78, 5) is 1.38. The molecular formula is C12H15F3N2OS. The van der Waals surface area contributed by atoms with Gasteiger partial charge in [-0.2, -0.15) is 13.2 Å². The van der Waals surface area contributed by atoms with Crippen LogP contribution in [0.5, 0.6) is 0 Å². The highest BCUT2D eigenvalue weighted by molar-refractivity contribution is 7.80. The minimum Gasteiger partial charge on any atom is -0.395 e. The fraction of sp³-hybridized carbons (Fsp3) is 0.417. The molecule has 0 aliphatic heterocycles. The Balaban J connectivity index is 2.70. The fourth-order valence-corrected chi connectivity index (χ4v) is 1.78. The average molecular weight is 292 g/mol. The Morgan fingerprint density at radius 3 is 2.26 bits per heavy atom. The first-order valence-electron chi connectivity index (χ1n) is 5.60. The molecule has 0 aliphatic carbocycles. The molecule has 19 heavy (non-hydrogen) atoms. The molecule has 106 valence electrons. The second-order valence-electron chi connectivity index (χ2n) is 4.11. The number of alkyl halides is 3. The Morgan fingerprint density at radius 2 is 1.84 bits per heavy atom. The molecule has 0 saturated heterocycles. The van der Waals surface area contributed by atoms with Gasteiger partial charge in [-0.3, -0.25) is 4.90 Å². The minimum atomic E-state index is -4.28. The molecule has 0 amide bonds. The third-order valence-corrected chi connectivity index (χ3v) is 2.70. The zero-order valence-electron chi connectivity index (χ0n) is 10.2. The number of nitrogens with zero attached hydrogens (tertiary/aromatic N) is 1. The van der Waals surface area contributed by atoms with E-state index in [1.54, 1.807) is 24.3 Å². The normalized spacial score (nSPS) is 11.8. The molecule has 0 spiro atoms.